The van der Waals surface area contributed by atoms with E-state index in [1.807, 2.05) is 11.8 Å². The van der Waals surface area contributed by atoms with Crippen molar-refractivity contribution in [2.24, 2.45) is 0 Å². The van der Waals surface area contributed by atoms with Crippen LogP contribution in [0.1, 0.15) is 16.8 Å². The third-order valence-electron chi connectivity index (χ3n) is 2.63. The molecule has 1 aromatic heterocycles. The SMILES string of the molecule is O=C(O)c1ccsc1NC(=O)N1CCCSCC1. The fourth-order valence-corrected chi connectivity index (χ4v) is 3.36. The number of hydrogen-bond donors (Lipinski definition) is 2. The lowest BCUT2D eigenvalue weighted by Gasteiger charge is -2.20. The van der Waals surface area contributed by atoms with Gasteiger partial charge in [0.2, 0.25) is 0 Å². The smallest absolute Gasteiger partial charge is 0.338 e. The first kappa shape index (κ1) is 13.2. The van der Waals surface area contributed by atoms with Crippen molar-refractivity contribution in [3.8, 4) is 0 Å². The van der Waals surface area contributed by atoms with Gasteiger partial charge in [-0.1, -0.05) is 0 Å². The number of aromatic carboxylic acids is 1. The van der Waals surface area contributed by atoms with Crippen molar-refractivity contribution < 1.29 is 14.7 Å². The highest BCUT2D eigenvalue weighted by Crippen LogP contribution is 2.23. The van der Waals surface area contributed by atoms with E-state index in [2.05, 4.69) is 5.32 Å². The third kappa shape index (κ3) is 3.17. The Labute approximate surface area is 113 Å². The topological polar surface area (TPSA) is 69.6 Å². The minimum atomic E-state index is -1.02. The molecule has 2 amide bonds. The van der Waals surface area contributed by atoms with E-state index < -0.39 is 5.97 Å². The normalized spacial score (nSPS) is 16.1. The van der Waals surface area contributed by atoms with Gasteiger partial charge in [0.05, 0.1) is 5.56 Å². The molecule has 7 heteroatoms. The predicted octanol–water partition coefficient (Wildman–Crippen LogP) is 2.42. The van der Waals surface area contributed by atoms with Crippen LogP contribution in [0.5, 0.6) is 0 Å². The number of thiophene rings is 1. The molecule has 0 atom stereocenters. The molecule has 0 radical (unpaired) electrons. The number of urea groups is 1. The number of carbonyl (C=O) groups excluding carboxylic acids is 1. The molecule has 1 aliphatic heterocycles. The van der Waals surface area contributed by atoms with E-state index in [1.165, 1.54) is 17.4 Å². The summed E-state index contributed by atoms with van der Waals surface area (Å²) in [6.07, 6.45) is 0.980. The summed E-state index contributed by atoms with van der Waals surface area (Å²) >= 11 is 3.07. The van der Waals surface area contributed by atoms with Gasteiger partial charge in [0.1, 0.15) is 5.00 Å². The van der Waals surface area contributed by atoms with Gasteiger partial charge in [0, 0.05) is 18.8 Å². The van der Waals surface area contributed by atoms with E-state index >= 15 is 0 Å². The second-order valence-corrected chi connectivity index (χ2v) is 5.99. The van der Waals surface area contributed by atoms with Crippen LogP contribution in [-0.2, 0) is 0 Å². The van der Waals surface area contributed by atoms with Crippen LogP contribution in [0, 0.1) is 0 Å². The summed E-state index contributed by atoms with van der Waals surface area (Å²) in [5.74, 6) is 0.991. The largest absolute Gasteiger partial charge is 0.478 e. The average molecular weight is 286 g/mol. The van der Waals surface area contributed by atoms with E-state index in [0.29, 0.717) is 11.5 Å². The number of hydrogen-bond acceptors (Lipinski definition) is 4. The van der Waals surface area contributed by atoms with Gasteiger partial charge in [0.25, 0.3) is 0 Å². The average Bonchev–Trinajstić information content (AvgIpc) is 2.63. The first-order chi connectivity index (χ1) is 8.68. The van der Waals surface area contributed by atoms with Crippen molar-refractivity contribution in [2.75, 3.05) is 29.9 Å². The summed E-state index contributed by atoms with van der Waals surface area (Å²) in [4.78, 5) is 24.7. The van der Waals surface area contributed by atoms with Gasteiger partial charge in [-0.15, -0.1) is 11.3 Å². The maximum Gasteiger partial charge on any atom is 0.338 e. The van der Waals surface area contributed by atoms with Gasteiger partial charge < -0.3 is 10.0 Å². The number of nitrogens with zero attached hydrogens (tertiary/aromatic N) is 1. The van der Waals surface area contributed by atoms with Crippen LogP contribution in [0.3, 0.4) is 0 Å². The first-order valence-electron chi connectivity index (χ1n) is 5.63. The van der Waals surface area contributed by atoms with Gasteiger partial charge in [-0.3, -0.25) is 5.32 Å². The van der Waals surface area contributed by atoms with Crippen molar-refractivity contribution in [2.45, 2.75) is 6.42 Å². The molecule has 1 saturated heterocycles. The van der Waals surface area contributed by atoms with Gasteiger partial charge >= 0.3 is 12.0 Å². The number of thioether (sulfide) groups is 1. The number of anilines is 1. The Kier molecular flexibility index (Phi) is 4.48. The lowest BCUT2D eigenvalue weighted by Crippen LogP contribution is -2.36. The third-order valence-corrected chi connectivity index (χ3v) is 4.50. The van der Waals surface area contributed by atoms with E-state index in [-0.39, 0.29) is 11.6 Å². The van der Waals surface area contributed by atoms with E-state index in [0.717, 1.165) is 24.5 Å². The summed E-state index contributed by atoms with van der Waals surface area (Å²) in [7, 11) is 0. The molecule has 0 aromatic carbocycles. The summed E-state index contributed by atoms with van der Waals surface area (Å²) in [6.45, 7) is 1.44. The number of carboxylic acid groups (broad SMARTS) is 1. The Morgan fingerprint density at radius 2 is 2.17 bits per heavy atom. The second kappa shape index (κ2) is 6.10. The minimum Gasteiger partial charge on any atom is -0.478 e. The molecule has 1 aliphatic rings. The fraction of sp³-hybridized carbons (Fsp3) is 0.455. The fourth-order valence-electron chi connectivity index (χ4n) is 1.70. The molecule has 98 valence electrons. The summed E-state index contributed by atoms with van der Waals surface area (Å²) in [6, 6.07) is 1.29. The van der Waals surface area contributed by atoms with Gasteiger partial charge in [-0.2, -0.15) is 11.8 Å². The molecular weight excluding hydrogens is 272 g/mol. The molecule has 2 rings (SSSR count). The highest BCUT2D eigenvalue weighted by atomic mass is 32.2. The first-order valence-corrected chi connectivity index (χ1v) is 7.66. The quantitative estimate of drug-likeness (QED) is 0.876. The van der Waals surface area contributed by atoms with Crippen molar-refractivity contribution >= 4 is 40.1 Å². The zero-order valence-corrected chi connectivity index (χ0v) is 11.4. The monoisotopic (exact) mass is 286 g/mol. The molecule has 5 nitrogen and oxygen atoms in total. The van der Waals surface area contributed by atoms with Crippen LogP contribution < -0.4 is 5.32 Å². The Morgan fingerprint density at radius 3 is 2.94 bits per heavy atom. The highest BCUT2D eigenvalue weighted by molar-refractivity contribution is 7.99. The number of rotatable bonds is 2. The number of carboxylic acids is 1. The lowest BCUT2D eigenvalue weighted by atomic mass is 10.3. The van der Waals surface area contributed by atoms with Crippen molar-refractivity contribution in [1.82, 2.24) is 4.90 Å². The second-order valence-electron chi connectivity index (χ2n) is 3.85. The zero-order chi connectivity index (χ0) is 13.0. The van der Waals surface area contributed by atoms with Crippen molar-refractivity contribution in [3.05, 3.63) is 17.0 Å². The number of nitrogens with one attached hydrogen (secondary N) is 1. The van der Waals surface area contributed by atoms with E-state index in [4.69, 9.17) is 5.11 Å². The maximum atomic E-state index is 12.0. The molecular formula is C11H14N2O3S2. The van der Waals surface area contributed by atoms with Crippen LogP contribution in [0.2, 0.25) is 0 Å². The van der Waals surface area contributed by atoms with E-state index in [1.54, 1.807) is 10.3 Å². The summed E-state index contributed by atoms with van der Waals surface area (Å²) < 4.78 is 0. The molecule has 2 heterocycles. The molecule has 0 unspecified atom stereocenters. The van der Waals surface area contributed by atoms with Crippen LogP contribution in [0.25, 0.3) is 0 Å². The molecule has 0 spiro atoms. The minimum absolute atomic E-state index is 0.151. The Morgan fingerprint density at radius 1 is 1.33 bits per heavy atom. The van der Waals surface area contributed by atoms with Crippen molar-refractivity contribution in [1.29, 1.82) is 0 Å². The van der Waals surface area contributed by atoms with Crippen LogP contribution in [0.15, 0.2) is 11.4 Å². The standard InChI is InChI=1S/C11H14N2O3S2/c14-10(15)8-2-6-18-9(8)12-11(16)13-3-1-5-17-7-4-13/h2,6H,1,3-5,7H2,(H,12,16)(H,14,15). The maximum absolute atomic E-state index is 12.0. The van der Waals surface area contributed by atoms with Crippen molar-refractivity contribution in [3.63, 3.8) is 0 Å². The van der Waals surface area contributed by atoms with Gasteiger partial charge in [0.15, 0.2) is 0 Å². The zero-order valence-electron chi connectivity index (χ0n) is 9.72. The van der Waals surface area contributed by atoms with E-state index in [9.17, 15) is 9.59 Å². The Bertz CT molecular complexity index is 439. The molecule has 18 heavy (non-hydrogen) atoms. The molecule has 0 aliphatic carbocycles. The molecule has 2 N–H and O–H groups in total. The number of carbonyl (C=O) groups is 2. The summed E-state index contributed by atoms with van der Waals surface area (Å²) in [5, 5.41) is 13.7. The molecule has 0 bridgehead atoms. The van der Waals surface area contributed by atoms with Crippen LogP contribution in [-0.4, -0.2) is 46.6 Å². The van der Waals surface area contributed by atoms with Crippen LogP contribution in [0.4, 0.5) is 9.80 Å². The highest BCUT2D eigenvalue weighted by Gasteiger charge is 2.19. The molecule has 1 fully saturated rings. The predicted molar refractivity (Wildman–Crippen MR) is 73.8 cm³/mol. The summed E-state index contributed by atoms with van der Waals surface area (Å²) in [5.41, 5.74) is 0.151. The van der Waals surface area contributed by atoms with Crippen LogP contribution >= 0.6 is 23.1 Å². The Balaban J connectivity index is 2.01. The molecule has 0 saturated carbocycles. The van der Waals surface area contributed by atoms with Gasteiger partial charge in [-0.05, 0) is 23.6 Å². The molecule has 1 aromatic rings. The number of amides is 2. The Hall–Kier alpha value is -1.21. The lowest BCUT2D eigenvalue weighted by molar-refractivity contribution is 0.0698. The van der Waals surface area contributed by atoms with Gasteiger partial charge in [-0.25, -0.2) is 9.59 Å².